The monoisotopic (exact) mass is 213 g/mol. The van der Waals surface area contributed by atoms with Crippen LogP contribution in [0.4, 0.5) is 0 Å². The van der Waals surface area contributed by atoms with Crippen molar-refractivity contribution in [3.8, 4) is 0 Å². The van der Waals surface area contributed by atoms with E-state index in [1.165, 1.54) is 13.0 Å². The molecule has 0 radical (unpaired) electrons. The lowest BCUT2D eigenvalue weighted by atomic mass is 10.3. The Bertz CT molecular complexity index is 232. The summed E-state index contributed by atoms with van der Waals surface area (Å²) in [4.78, 5) is 23.6. The van der Waals surface area contributed by atoms with E-state index in [4.69, 9.17) is 4.74 Å². The fourth-order valence-electron chi connectivity index (χ4n) is 1.10. The van der Waals surface area contributed by atoms with Crippen molar-refractivity contribution in [2.75, 3.05) is 19.7 Å². The molecule has 4 heteroatoms. The molecule has 0 aromatic rings. The molecular weight excluding hydrogens is 194 g/mol. The van der Waals surface area contributed by atoms with Gasteiger partial charge in [-0.05, 0) is 19.9 Å². The number of hydrogen-bond donors (Lipinski definition) is 0. The molecule has 0 spiro atoms. The predicted octanol–water partition coefficient (Wildman–Crippen LogP) is 1.36. The van der Waals surface area contributed by atoms with Crippen LogP contribution in [0.5, 0.6) is 0 Å². The zero-order valence-electron chi connectivity index (χ0n) is 9.66. The normalized spacial score (nSPS) is 10.3. The van der Waals surface area contributed by atoms with E-state index in [0.29, 0.717) is 26.1 Å². The van der Waals surface area contributed by atoms with Crippen LogP contribution >= 0.6 is 0 Å². The van der Waals surface area contributed by atoms with Crippen LogP contribution in [0.3, 0.4) is 0 Å². The third-order valence-corrected chi connectivity index (χ3v) is 1.93. The minimum atomic E-state index is -0.293. The van der Waals surface area contributed by atoms with Crippen LogP contribution in [-0.4, -0.2) is 36.5 Å². The Kier molecular flexibility index (Phi) is 7.32. The maximum atomic E-state index is 11.4. The number of carbonyl (C=O) groups is 2. The average molecular weight is 213 g/mol. The maximum absolute atomic E-state index is 11.4. The van der Waals surface area contributed by atoms with Crippen molar-refractivity contribution < 1.29 is 14.3 Å². The summed E-state index contributed by atoms with van der Waals surface area (Å²) >= 11 is 0. The Morgan fingerprint density at radius 3 is 2.33 bits per heavy atom. The summed E-state index contributed by atoms with van der Waals surface area (Å²) in [5, 5.41) is 0. The molecular formula is C11H19NO3. The number of rotatable bonds is 6. The molecule has 0 saturated carbocycles. The summed E-state index contributed by atoms with van der Waals surface area (Å²) in [5.41, 5.74) is 0. The van der Waals surface area contributed by atoms with Crippen molar-refractivity contribution in [2.24, 2.45) is 0 Å². The van der Waals surface area contributed by atoms with Gasteiger partial charge in [0.2, 0.25) is 5.91 Å². The highest BCUT2D eigenvalue weighted by Gasteiger charge is 2.03. The van der Waals surface area contributed by atoms with E-state index in [9.17, 15) is 9.59 Å². The third kappa shape index (κ3) is 6.71. The van der Waals surface area contributed by atoms with Crippen molar-refractivity contribution in [1.82, 2.24) is 4.90 Å². The van der Waals surface area contributed by atoms with E-state index in [1.807, 2.05) is 13.8 Å². The number of ether oxygens (including phenoxy) is 1. The summed E-state index contributed by atoms with van der Waals surface area (Å²) in [6.07, 6.45) is 3.83. The highest BCUT2D eigenvalue weighted by atomic mass is 16.5. The molecule has 86 valence electrons. The summed E-state index contributed by atoms with van der Waals surface area (Å²) in [7, 11) is 0. The first-order valence-corrected chi connectivity index (χ1v) is 5.20. The number of esters is 1. The minimum Gasteiger partial charge on any atom is -0.466 e. The standard InChI is InChI=1S/C11H19NO3/c1-4-12(5-2)11(14)8-6-7-9-15-10(3)13/h6,8H,4-5,7,9H2,1-3H3/b8-6+. The van der Waals surface area contributed by atoms with Gasteiger partial charge in [0.1, 0.15) is 0 Å². The molecule has 0 aliphatic rings. The molecule has 0 aliphatic carbocycles. The zero-order valence-corrected chi connectivity index (χ0v) is 9.66. The third-order valence-electron chi connectivity index (χ3n) is 1.93. The summed E-state index contributed by atoms with van der Waals surface area (Å²) in [6, 6.07) is 0. The fraction of sp³-hybridized carbons (Fsp3) is 0.636. The van der Waals surface area contributed by atoms with Gasteiger partial charge in [-0.25, -0.2) is 0 Å². The van der Waals surface area contributed by atoms with Gasteiger partial charge in [-0.2, -0.15) is 0 Å². The van der Waals surface area contributed by atoms with Gasteiger partial charge in [0, 0.05) is 26.4 Å². The van der Waals surface area contributed by atoms with Crippen LogP contribution in [0, 0.1) is 0 Å². The van der Waals surface area contributed by atoms with Gasteiger partial charge >= 0.3 is 5.97 Å². The van der Waals surface area contributed by atoms with E-state index >= 15 is 0 Å². The smallest absolute Gasteiger partial charge is 0.302 e. The fourth-order valence-corrected chi connectivity index (χ4v) is 1.10. The van der Waals surface area contributed by atoms with Gasteiger partial charge in [-0.1, -0.05) is 6.08 Å². The molecule has 0 bridgehead atoms. The Labute approximate surface area is 90.9 Å². The van der Waals surface area contributed by atoms with Crippen LogP contribution in [0.25, 0.3) is 0 Å². The topological polar surface area (TPSA) is 46.6 Å². The molecule has 0 saturated heterocycles. The van der Waals surface area contributed by atoms with Crippen molar-refractivity contribution in [3.05, 3.63) is 12.2 Å². The molecule has 1 amide bonds. The van der Waals surface area contributed by atoms with Crippen molar-refractivity contribution in [3.63, 3.8) is 0 Å². The first-order chi connectivity index (χ1) is 7.11. The molecule has 0 atom stereocenters. The molecule has 15 heavy (non-hydrogen) atoms. The molecule has 0 heterocycles. The molecule has 0 unspecified atom stereocenters. The Morgan fingerprint density at radius 2 is 1.87 bits per heavy atom. The molecule has 0 fully saturated rings. The quantitative estimate of drug-likeness (QED) is 0.380. The Balaban J connectivity index is 3.76. The van der Waals surface area contributed by atoms with Crippen molar-refractivity contribution in [1.29, 1.82) is 0 Å². The average Bonchev–Trinajstić information content (AvgIpc) is 2.18. The summed E-state index contributed by atoms with van der Waals surface area (Å²) in [5.74, 6) is -0.290. The first-order valence-electron chi connectivity index (χ1n) is 5.20. The second-order valence-electron chi connectivity index (χ2n) is 3.04. The maximum Gasteiger partial charge on any atom is 0.302 e. The van der Waals surface area contributed by atoms with Crippen LogP contribution in [0.15, 0.2) is 12.2 Å². The van der Waals surface area contributed by atoms with Gasteiger partial charge in [0.25, 0.3) is 0 Å². The minimum absolute atomic E-state index is 0.00262. The number of carbonyl (C=O) groups excluding carboxylic acids is 2. The molecule has 0 rings (SSSR count). The van der Waals surface area contributed by atoms with Crippen LogP contribution < -0.4 is 0 Å². The van der Waals surface area contributed by atoms with E-state index in [-0.39, 0.29) is 11.9 Å². The predicted molar refractivity (Wildman–Crippen MR) is 58.3 cm³/mol. The lowest BCUT2D eigenvalue weighted by Crippen LogP contribution is -2.28. The van der Waals surface area contributed by atoms with Crippen LogP contribution in [0.2, 0.25) is 0 Å². The number of amides is 1. The van der Waals surface area contributed by atoms with E-state index in [2.05, 4.69) is 0 Å². The van der Waals surface area contributed by atoms with Gasteiger partial charge in [0.15, 0.2) is 0 Å². The van der Waals surface area contributed by atoms with Crippen molar-refractivity contribution in [2.45, 2.75) is 27.2 Å². The Morgan fingerprint density at radius 1 is 1.27 bits per heavy atom. The molecule has 0 aromatic carbocycles. The van der Waals surface area contributed by atoms with Crippen molar-refractivity contribution >= 4 is 11.9 Å². The molecule has 0 aliphatic heterocycles. The number of nitrogens with zero attached hydrogens (tertiary/aromatic N) is 1. The van der Waals surface area contributed by atoms with Gasteiger partial charge in [0.05, 0.1) is 6.61 Å². The largest absolute Gasteiger partial charge is 0.466 e. The first kappa shape index (κ1) is 13.7. The van der Waals surface area contributed by atoms with E-state index in [0.717, 1.165) is 0 Å². The van der Waals surface area contributed by atoms with Crippen LogP contribution in [0.1, 0.15) is 27.2 Å². The second kappa shape index (κ2) is 8.03. The summed E-state index contributed by atoms with van der Waals surface area (Å²) in [6.45, 7) is 7.00. The van der Waals surface area contributed by atoms with Gasteiger partial charge < -0.3 is 9.64 Å². The SMILES string of the molecule is CCN(CC)C(=O)/C=C/CCOC(C)=O. The zero-order chi connectivity index (χ0) is 11.7. The van der Waals surface area contributed by atoms with E-state index < -0.39 is 0 Å². The Hall–Kier alpha value is -1.32. The second-order valence-corrected chi connectivity index (χ2v) is 3.04. The molecule has 0 N–H and O–H groups in total. The highest BCUT2D eigenvalue weighted by Crippen LogP contribution is 1.92. The number of hydrogen-bond acceptors (Lipinski definition) is 3. The summed E-state index contributed by atoms with van der Waals surface area (Å²) < 4.78 is 4.72. The lowest BCUT2D eigenvalue weighted by molar-refractivity contribution is -0.140. The lowest BCUT2D eigenvalue weighted by Gasteiger charge is -2.15. The van der Waals surface area contributed by atoms with E-state index in [1.54, 1.807) is 11.0 Å². The van der Waals surface area contributed by atoms with Crippen LogP contribution in [-0.2, 0) is 14.3 Å². The molecule has 4 nitrogen and oxygen atoms in total. The van der Waals surface area contributed by atoms with Gasteiger partial charge in [-0.15, -0.1) is 0 Å². The van der Waals surface area contributed by atoms with Gasteiger partial charge in [-0.3, -0.25) is 9.59 Å². The number of likely N-dealkylation sites (N-methyl/N-ethyl adjacent to an activating group) is 1. The highest BCUT2D eigenvalue weighted by molar-refractivity contribution is 5.87. The molecule has 0 aromatic heterocycles.